The van der Waals surface area contributed by atoms with E-state index in [9.17, 15) is 17.6 Å². The van der Waals surface area contributed by atoms with Gasteiger partial charge in [0, 0.05) is 18.2 Å². The Bertz CT molecular complexity index is 1250. The molecule has 1 aromatic heterocycles. The number of nitrogens with zero attached hydrogens (tertiary/aromatic N) is 1. The number of halogens is 1. The van der Waals surface area contributed by atoms with E-state index in [-0.39, 0.29) is 23.6 Å². The molecule has 0 unspecified atom stereocenters. The molecule has 8 nitrogen and oxygen atoms in total. The lowest BCUT2D eigenvalue weighted by atomic mass is 10.1. The predicted octanol–water partition coefficient (Wildman–Crippen LogP) is 3.78. The Morgan fingerprint density at radius 1 is 1.22 bits per heavy atom. The molecule has 3 aromatic rings. The van der Waals surface area contributed by atoms with Gasteiger partial charge in [-0.1, -0.05) is 17.7 Å². The Balaban J connectivity index is 0.000000278. The van der Waals surface area contributed by atoms with Crippen molar-refractivity contribution >= 4 is 21.1 Å². The third kappa shape index (κ3) is 6.52. The van der Waals surface area contributed by atoms with Crippen LogP contribution >= 0.6 is 0 Å². The lowest BCUT2D eigenvalue weighted by molar-refractivity contribution is 0.171. The van der Waals surface area contributed by atoms with Gasteiger partial charge in [-0.3, -0.25) is 9.35 Å². The van der Waals surface area contributed by atoms with E-state index in [1.54, 1.807) is 30.3 Å². The topological polar surface area (TPSA) is 125 Å². The Morgan fingerprint density at radius 2 is 1.84 bits per heavy atom. The SMILES string of the molecule is CC(C)(C)n1oc2cc(OCC(=CF)CN)ccc2c1=O.Cc1ccc(S(=O)(=O)O)cc1. The predicted molar refractivity (Wildman–Crippen MR) is 120 cm³/mol. The van der Waals surface area contributed by atoms with Crippen LogP contribution < -0.4 is 16.0 Å². The molecule has 0 spiro atoms. The first-order chi connectivity index (χ1) is 14.9. The standard InChI is InChI=1S/C15H19FN2O3.C7H8O3S/c1-15(2,3)18-14(19)12-5-4-11(6-13(12)21-18)20-9-10(7-16)8-17;1-6-2-4-7(5-3-6)11(8,9)10/h4-7H,8-9,17H2,1-3H3;2-5H,1H3,(H,8,9,10). The van der Waals surface area contributed by atoms with Gasteiger partial charge >= 0.3 is 0 Å². The van der Waals surface area contributed by atoms with Crippen molar-refractivity contribution in [2.75, 3.05) is 13.2 Å². The van der Waals surface area contributed by atoms with E-state index in [0.29, 0.717) is 28.6 Å². The maximum atomic E-state index is 12.4. The number of rotatable bonds is 5. The van der Waals surface area contributed by atoms with Crippen LogP contribution in [0.3, 0.4) is 0 Å². The zero-order chi connectivity index (χ0) is 24.1. The number of fused-ring (bicyclic) bond motifs is 1. The van der Waals surface area contributed by atoms with Crippen molar-refractivity contribution in [3.05, 3.63) is 70.3 Å². The van der Waals surface area contributed by atoms with Crippen LogP contribution in [0.2, 0.25) is 0 Å². The lowest BCUT2D eigenvalue weighted by Crippen LogP contribution is -2.30. The van der Waals surface area contributed by atoms with Gasteiger partial charge in [0.25, 0.3) is 15.7 Å². The molecule has 0 aliphatic heterocycles. The van der Waals surface area contributed by atoms with Crippen molar-refractivity contribution < 1.29 is 26.6 Å². The number of hydrogen-bond acceptors (Lipinski definition) is 6. The van der Waals surface area contributed by atoms with Crippen LogP contribution in [0.1, 0.15) is 26.3 Å². The summed E-state index contributed by atoms with van der Waals surface area (Å²) in [6.45, 7) is 7.64. The number of hydrogen-bond donors (Lipinski definition) is 2. The molecule has 0 saturated carbocycles. The quantitative estimate of drug-likeness (QED) is 0.548. The van der Waals surface area contributed by atoms with Gasteiger partial charge in [0.15, 0.2) is 5.58 Å². The molecule has 32 heavy (non-hydrogen) atoms. The number of nitrogens with two attached hydrogens (primary N) is 1. The van der Waals surface area contributed by atoms with E-state index in [0.717, 1.165) is 5.56 Å². The van der Waals surface area contributed by atoms with Gasteiger partial charge < -0.3 is 15.0 Å². The van der Waals surface area contributed by atoms with Gasteiger partial charge in [-0.25, -0.2) is 4.39 Å². The average Bonchev–Trinajstić information content (AvgIpc) is 3.05. The van der Waals surface area contributed by atoms with Gasteiger partial charge in [0.1, 0.15) is 12.4 Å². The van der Waals surface area contributed by atoms with Crippen LogP contribution in [0.5, 0.6) is 5.75 Å². The summed E-state index contributed by atoms with van der Waals surface area (Å²) >= 11 is 0. The normalized spacial score (nSPS) is 12.4. The highest BCUT2D eigenvalue weighted by molar-refractivity contribution is 7.85. The molecule has 0 aliphatic rings. The van der Waals surface area contributed by atoms with E-state index in [2.05, 4.69) is 0 Å². The molecule has 0 bridgehead atoms. The smallest absolute Gasteiger partial charge is 0.294 e. The summed E-state index contributed by atoms with van der Waals surface area (Å²) in [5.74, 6) is 0.491. The van der Waals surface area contributed by atoms with Gasteiger partial charge in [-0.15, -0.1) is 0 Å². The molecular weight excluding hydrogens is 439 g/mol. The summed E-state index contributed by atoms with van der Waals surface area (Å²) in [6.07, 6.45) is 0.439. The molecule has 1 heterocycles. The van der Waals surface area contributed by atoms with E-state index >= 15 is 0 Å². The van der Waals surface area contributed by atoms with Crippen molar-refractivity contribution in [1.29, 1.82) is 0 Å². The van der Waals surface area contributed by atoms with Gasteiger partial charge in [0.2, 0.25) is 0 Å². The molecule has 3 rings (SSSR count). The maximum Gasteiger partial charge on any atom is 0.294 e. The fourth-order valence-corrected chi connectivity index (χ4v) is 3.04. The van der Waals surface area contributed by atoms with E-state index in [1.807, 2.05) is 27.7 Å². The van der Waals surface area contributed by atoms with Crippen molar-refractivity contribution in [2.24, 2.45) is 5.73 Å². The van der Waals surface area contributed by atoms with Crippen LogP contribution in [-0.4, -0.2) is 30.9 Å². The lowest BCUT2D eigenvalue weighted by Gasteiger charge is -2.16. The fourth-order valence-electron chi connectivity index (χ4n) is 2.56. The summed E-state index contributed by atoms with van der Waals surface area (Å²) in [7, 11) is -4.02. The monoisotopic (exact) mass is 466 g/mol. The Kier molecular flexibility index (Phi) is 8.00. The Labute approximate surface area is 185 Å². The first kappa shape index (κ1) is 25.3. The van der Waals surface area contributed by atoms with Crippen LogP contribution in [0.25, 0.3) is 11.0 Å². The van der Waals surface area contributed by atoms with Crippen molar-refractivity contribution in [2.45, 2.75) is 38.1 Å². The third-order valence-corrected chi connectivity index (χ3v) is 5.19. The molecule has 0 fully saturated rings. The van der Waals surface area contributed by atoms with Crippen molar-refractivity contribution in [1.82, 2.24) is 4.74 Å². The Hall–Kier alpha value is -2.95. The number of aryl methyl sites for hydroxylation is 1. The summed E-state index contributed by atoms with van der Waals surface area (Å²) < 4.78 is 54.3. The Morgan fingerprint density at radius 3 is 2.34 bits per heavy atom. The van der Waals surface area contributed by atoms with Gasteiger partial charge in [-0.05, 0) is 52.0 Å². The number of benzene rings is 2. The average molecular weight is 467 g/mol. The molecule has 0 amide bonds. The largest absolute Gasteiger partial charge is 0.489 e. The second kappa shape index (κ2) is 10.1. The molecule has 2 aromatic carbocycles. The highest BCUT2D eigenvalue weighted by Crippen LogP contribution is 2.22. The third-order valence-electron chi connectivity index (χ3n) is 4.33. The van der Waals surface area contributed by atoms with Crippen molar-refractivity contribution in [3.8, 4) is 5.75 Å². The van der Waals surface area contributed by atoms with Gasteiger partial charge in [0.05, 0.1) is 22.2 Å². The summed E-state index contributed by atoms with van der Waals surface area (Å²) in [5, 5.41) is 0.484. The fraction of sp³-hybridized carbons (Fsp3) is 0.318. The molecule has 0 atom stereocenters. The molecule has 0 aliphatic carbocycles. The summed E-state index contributed by atoms with van der Waals surface area (Å²) in [4.78, 5) is 12.1. The minimum atomic E-state index is -4.02. The van der Waals surface area contributed by atoms with Crippen LogP contribution in [0.15, 0.2) is 68.6 Å². The van der Waals surface area contributed by atoms with E-state index in [4.69, 9.17) is 19.5 Å². The summed E-state index contributed by atoms with van der Waals surface area (Å²) in [5.41, 5.74) is 6.47. The second-order valence-electron chi connectivity index (χ2n) is 8.07. The van der Waals surface area contributed by atoms with Crippen molar-refractivity contribution in [3.63, 3.8) is 0 Å². The second-order valence-corrected chi connectivity index (χ2v) is 9.49. The number of aromatic nitrogens is 1. The highest BCUT2D eigenvalue weighted by atomic mass is 32.2. The molecule has 0 saturated heterocycles. The zero-order valence-electron chi connectivity index (χ0n) is 18.3. The van der Waals surface area contributed by atoms with Crippen LogP contribution in [0.4, 0.5) is 4.39 Å². The minimum Gasteiger partial charge on any atom is -0.489 e. The molecule has 174 valence electrons. The maximum absolute atomic E-state index is 12.4. The van der Waals surface area contributed by atoms with Crippen LogP contribution in [0, 0.1) is 6.92 Å². The molecular formula is C22H27FN2O6S. The first-order valence-corrected chi connectivity index (χ1v) is 11.1. The molecule has 0 radical (unpaired) electrons. The molecule has 10 heteroatoms. The minimum absolute atomic E-state index is 0.0583. The zero-order valence-corrected chi connectivity index (χ0v) is 19.1. The van der Waals surface area contributed by atoms with Crippen LogP contribution in [-0.2, 0) is 15.7 Å². The first-order valence-electron chi connectivity index (χ1n) is 9.68. The van der Waals surface area contributed by atoms with Gasteiger partial charge in [-0.2, -0.15) is 13.2 Å². The number of ether oxygens (including phenoxy) is 1. The summed E-state index contributed by atoms with van der Waals surface area (Å²) in [6, 6.07) is 10.9. The highest BCUT2D eigenvalue weighted by Gasteiger charge is 2.21. The van der Waals surface area contributed by atoms with E-state index < -0.39 is 15.7 Å². The molecule has 3 N–H and O–H groups in total. The van der Waals surface area contributed by atoms with E-state index in [1.165, 1.54) is 16.9 Å².